The summed E-state index contributed by atoms with van der Waals surface area (Å²) in [4.78, 5) is 14.2. The average molecular weight is 358 g/mol. The quantitative estimate of drug-likeness (QED) is 0.814. The molecule has 4 nitrogen and oxygen atoms in total. The van der Waals surface area contributed by atoms with Gasteiger partial charge in [0.15, 0.2) is 9.84 Å². The molecule has 1 aromatic carbocycles. The van der Waals surface area contributed by atoms with E-state index in [1.807, 2.05) is 32.0 Å². The summed E-state index contributed by atoms with van der Waals surface area (Å²) in [5.74, 6) is 0.237. The second kappa shape index (κ2) is 7.67. The van der Waals surface area contributed by atoms with E-state index in [9.17, 15) is 13.2 Å². The van der Waals surface area contributed by atoms with Crippen molar-refractivity contribution >= 4 is 27.3 Å². The van der Waals surface area contributed by atoms with E-state index in [-0.39, 0.29) is 24.0 Å². The van der Waals surface area contributed by atoms with Crippen LogP contribution in [0.4, 0.5) is 0 Å². The van der Waals surface area contributed by atoms with Gasteiger partial charge in [0.25, 0.3) is 0 Å². The fraction of sp³-hybridized carbons (Fsp3) is 0.588. The maximum atomic E-state index is 12.5. The van der Waals surface area contributed by atoms with Crippen molar-refractivity contribution in [1.29, 1.82) is 0 Å². The van der Waals surface area contributed by atoms with Gasteiger partial charge in [-0.2, -0.15) is 0 Å². The second-order valence-corrected chi connectivity index (χ2v) is 9.33. The van der Waals surface area contributed by atoms with Crippen LogP contribution in [0.2, 0.25) is 5.02 Å². The van der Waals surface area contributed by atoms with Gasteiger partial charge in [0.05, 0.1) is 17.4 Å². The Morgan fingerprint density at radius 3 is 2.70 bits per heavy atom. The first-order valence-corrected chi connectivity index (χ1v) is 10.1. The van der Waals surface area contributed by atoms with Gasteiger partial charge >= 0.3 is 0 Å². The van der Waals surface area contributed by atoms with Crippen LogP contribution in [0.5, 0.6) is 0 Å². The van der Waals surface area contributed by atoms with Gasteiger partial charge < -0.3 is 4.90 Å². The first-order chi connectivity index (χ1) is 10.8. The summed E-state index contributed by atoms with van der Waals surface area (Å²) in [6.45, 7) is 4.73. The molecule has 0 bridgehead atoms. The maximum absolute atomic E-state index is 12.5. The molecule has 6 heteroatoms. The number of carbonyl (C=O) groups excluding carboxylic acids is 1. The van der Waals surface area contributed by atoms with Crippen molar-refractivity contribution in [3.63, 3.8) is 0 Å². The zero-order valence-corrected chi connectivity index (χ0v) is 15.2. The van der Waals surface area contributed by atoms with E-state index in [2.05, 4.69) is 0 Å². The number of piperidine rings is 1. The average Bonchev–Trinajstić information content (AvgIpc) is 2.48. The fourth-order valence-corrected chi connectivity index (χ4v) is 5.31. The SMILES string of the molecule is CC(C)CS(=O)(=O)[C@@H]1CCCN(C(=O)Cc2ccccc2Cl)C1. The van der Waals surface area contributed by atoms with Gasteiger partial charge in [0.2, 0.25) is 5.91 Å². The third kappa shape index (κ3) is 4.95. The lowest BCUT2D eigenvalue weighted by atomic mass is 10.1. The Hall–Kier alpha value is -1.07. The van der Waals surface area contributed by atoms with E-state index >= 15 is 0 Å². The van der Waals surface area contributed by atoms with E-state index in [0.29, 0.717) is 24.5 Å². The largest absolute Gasteiger partial charge is 0.341 e. The molecule has 0 saturated carbocycles. The molecule has 1 saturated heterocycles. The molecule has 23 heavy (non-hydrogen) atoms. The van der Waals surface area contributed by atoms with Crippen LogP contribution in [0.15, 0.2) is 24.3 Å². The van der Waals surface area contributed by atoms with Crippen LogP contribution in [0.3, 0.4) is 0 Å². The molecule has 0 spiro atoms. The number of benzene rings is 1. The monoisotopic (exact) mass is 357 g/mol. The van der Waals surface area contributed by atoms with Gasteiger partial charge in [-0.05, 0) is 30.4 Å². The molecule has 1 heterocycles. The summed E-state index contributed by atoms with van der Waals surface area (Å²) in [6, 6.07) is 7.26. The highest BCUT2D eigenvalue weighted by Crippen LogP contribution is 2.22. The lowest BCUT2D eigenvalue weighted by molar-refractivity contribution is -0.131. The number of rotatable bonds is 5. The van der Waals surface area contributed by atoms with Crippen LogP contribution in [-0.4, -0.2) is 43.3 Å². The Morgan fingerprint density at radius 1 is 1.35 bits per heavy atom. The molecule has 0 unspecified atom stereocenters. The highest BCUT2D eigenvalue weighted by Gasteiger charge is 2.32. The van der Waals surface area contributed by atoms with E-state index in [1.165, 1.54) is 0 Å². The zero-order valence-electron chi connectivity index (χ0n) is 13.7. The Balaban J connectivity index is 2.03. The number of nitrogens with zero attached hydrogens (tertiary/aromatic N) is 1. The molecule has 0 aromatic heterocycles. The predicted octanol–water partition coefficient (Wildman–Crippen LogP) is 2.94. The second-order valence-electron chi connectivity index (χ2n) is 6.60. The molecule has 1 aromatic rings. The van der Waals surface area contributed by atoms with Gasteiger partial charge in [-0.25, -0.2) is 8.42 Å². The van der Waals surface area contributed by atoms with Crippen molar-refractivity contribution in [3.8, 4) is 0 Å². The third-order valence-corrected chi connectivity index (χ3v) is 7.00. The van der Waals surface area contributed by atoms with Crippen molar-refractivity contribution in [1.82, 2.24) is 4.90 Å². The van der Waals surface area contributed by atoms with Crippen LogP contribution in [-0.2, 0) is 21.1 Å². The highest BCUT2D eigenvalue weighted by atomic mass is 35.5. The molecule has 1 amide bonds. The van der Waals surface area contributed by atoms with Crippen LogP contribution in [0.1, 0.15) is 32.3 Å². The van der Waals surface area contributed by atoms with Gasteiger partial charge in [0.1, 0.15) is 0 Å². The number of halogens is 1. The molecule has 1 aliphatic heterocycles. The summed E-state index contributed by atoms with van der Waals surface area (Å²) < 4.78 is 24.8. The van der Waals surface area contributed by atoms with Crippen LogP contribution < -0.4 is 0 Å². The summed E-state index contributed by atoms with van der Waals surface area (Å²) in [5.41, 5.74) is 0.784. The third-order valence-electron chi connectivity index (χ3n) is 4.10. The van der Waals surface area contributed by atoms with Crippen LogP contribution in [0.25, 0.3) is 0 Å². The maximum Gasteiger partial charge on any atom is 0.227 e. The number of amides is 1. The zero-order chi connectivity index (χ0) is 17.0. The molecular weight excluding hydrogens is 334 g/mol. The Bertz CT molecular complexity index is 658. The van der Waals surface area contributed by atoms with Crippen molar-refractivity contribution in [2.75, 3.05) is 18.8 Å². The number of hydrogen-bond acceptors (Lipinski definition) is 3. The van der Waals surface area contributed by atoms with Gasteiger partial charge in [-0.1, -0.05) is 43.6 Å². The Kier molecular flexibility index (Phi) is 6.09. The summed E-state index contributed by atoms with van der Waals surface area (Å²) in [5, 5.41) is 0.135. The summed E-state index contributed by atoms with van der Waals surface area (Å²) >= 11 is 6.10. The number of likely N-dealkylation sites (tertiary alicyclic amines) is 1. The lowest BCUT2D eigenvalue weighted by Crippen LogP contribution is -2.46. The molecule has 1 aliphatic rings. The number of carbonyl (C=O) groups is 1. The van der Waals surface area contributed by atoms with Gasteiger partial charge in [0, 0.05) is 18.1 Å². The minimum absolute atomic E-state index is 0.0532. The standard InChI is InChI=1S/C17H24ClNO3S/c1-13(2)12-23(21,22)15-7-5-9-19(11-15)17(20)10-14-6-3-4-8-16(14)18/h3-4,6,8,13,15H,5,7,9-12H2,1-2H3/t15-/m1/s1. The van der Waals surface area contributed by atoms with Crippen LogP contribution in [0, 0.1) is 5.92 Å². The predicted molar refractivity (Wildman–Crippen MR) is 93.4 cm³/mol. The lowest BCUT2D eigenvalue weighted by Gasteiger charge is -2.33. The summed E-state index contributed by atoms with van der Waals surface area (Å²) in [6.07, 6.45) is 1.60. The normalized spacial score (nSPS) is 19.1. The van der Waals surface area contributed by atoms with E-state index in [1.54, 1.807) is 11.0 Å². The fourth-order valence-electron chi connectivity index (χ4n) is 2.98. The van der Waals surface area contributed by atoms with Crippen molar-refractivity contribution in [2.45, 2.75) is 38.4 Å². The van der Waals surface area contributed by atoms with Gasteiger partial charge in [-0.3, -0.25) is 4.79 Å². The van der Waals surface area contributed by atoms with Gasteiger partial charge in [-0.15, -0.1) is 0 Å². The molecule has 128 valence electrons. The molecule has 0 N–H and O–H groups in total. The molecule has 2 rings (SSSR count). The molecular formula is C17H24ClNO3S. The molecule has 0 radical (unpaired) electrons. The minimum Gasteiger partial charge on any atom is -0.341 e. The smallest absolute Gasteiger partial charge is 0.227 e. The molecule has 1 fully saturated rings. The Labute approximate surface area is 143 Å². The van der Waals surface area contributed by atoms with E-state index in [4.69, 9.17) is 11.6 Å². The van der Waals surface area contributed by atoms with Crippen LogP contribution >= 0.6 is 11.6 Å². The van der Waals surface area contributed by atoms with E-state index < -0.39 is 15.1 Å². The molecule has 1 atom stereocenters. The van der Waals surface area contributed by atoms with Crippen molar-refractivity contribution in [3.05, 3.63) is 34.9 Å². The highest BCUT2D eigenvalue weighted by molar-refractivity contribution is 7.92. The van der Waals surface area contributed by atoms with Crippen molar-refractivity contribution in [2.24, 2.45) is 5.92 Å². The topological polar surface area (TPSA) is 54.5 Å². The van der Waals surface area contributed by atoms with Crippen molar-refractivity contribution < 1.29 is 13.2 Å². The number of sulfone groups is 1. The van der Waals surface area contributed by atoms with E-state index in [0.717, 1.165) is 12.0 Å². The Morgan fingerprint density at radius 2 is 2.04 bits per heavy atom. The first kappa shape index (κ1) is 18.3. The minimum atomic E-state index is -3.15. The first-order valence-electron chi connectivity index (χ1n) is 8.02. The summed E-state index contributed by atoms with van der Waals surface area (Å²) in [7, 11) is -3.15. The number of hydrogen-bond donors (Lipinski definition) is 0. The molecule has 0 aliphatic carbocycles.